The molecule has 2 fully saturated rings. The van der Waals surface area contributed by atoms with E-state index in [9.17, 15) is 24.6 Å². The summed E-state index contributed by atoms with van der Waals surface area (Å²) in [4.78, 5) is 42.3. The van der Waals surface area contributed by atoms with Gasteiger partial charge in [0.05, 0.1) is 5.69 Å². The standard InChI is InChI=1S/C12H9N3O8/c16-4-2-1-3-6(14-10(20)15-8(3)13-4)12-11(21,23-12)7(17)5(22-12)9(18)19/h1-2,5,7,17,21H,(H,18,19)(H2,13,14,15,16,20)/t5-,7+,11-,12?/m0/s1. The molecule has 0 saturated carbocycles. The van der Waals surface area contributed by atoms with Gasteiger partial charge in [0.1, 0.15) is 5.65 Å². The number of nitrogens with one attached hydrogen (secondary N) is 2. The van der Waals surface area contributed by atoms with E-state index in [2.05, 4.69) is 15.0 Å². The van der Waals surface area contributed by atoms with Gasteiger partial charge in [-0.05, 0) is 6.07 Å². The Labute approximate surface area is 125 Å². The highest BCUT2D eigenvalue weighted by Crippen LogP contribution is 2.63. The molecule has 2 aliphatic heterocycles. The number of pyridine rings is 1. The second kappa shape index (κ2) is 4.02. The summed E-state index contributed by atoms with van der Waals surface area (Å²) in [6.45, 7) is 0. The molecule has 11 nitrogen and oxygen atoms in total. The maximum atomic E-state index is 11.7. The van der Waals surface area contributed by atoms with Crippen LogP contribution in [0.2, 0.25) is 0 Å². The first-order valence-corrected chi connectivity index (χ1v) is 6.43. The first-order valence-electron chi connectivity index (χ1n) is 6.43. The van der Waals surface area contributed by atoms with Crippen LogP contribution in [0.1, 0.15) is 5.69 Å². The maximum Gasteiger partial charge on any atom is 0.347 e. The van der Waals surface area contributed by atoms with Crippen LogP contribution in [0, 0.1) is 0 Å². The third-order valence-corrected chi connectivity index (χ3v) is 3.90. The predicted octanol–water partition coefficient (Wildman–Crippen LogP) is -2.67. The van der Waals surface area contributed by atoms with Crippen molar-refractivity contribution in [2.24, 2.45) is 0 Å². The average Bonchev–Trinajstić information content (AvgIpc) is 3.02. The lowest BCUT2D eigenvalue weighted by Gasteiger charge is -2.15. The zero-order valence-electron chi connectivity index (χ0n) is 11.1. The number of aromatic amines is 2. The molecule has 2 aromatic rings. The summed E-state index contributed by atoms with van der Waals surface area (Å²) in [5, 5.41) is 29.4. The van der Waals surface area contributed by atoms with E-state index in [4.69, 9.17) is 14.6 Å². The monoisotopic (exact) mass is 323 g/mol. The number of H-pyrrole nitrogens is 2. The van der Waals surface area contributed by atoms with Crippen LogP contribution < -0.4 is 11.2 Å². The summed E-state index contributed by atoms with van der Waals surface area (Å²) in [6, 6.07) is 2.44. The zero-order chi connectivity index (χ0) is 16.6. The molecule has 0 amide bonds. The average molecular weight is 323 g/mol. The van der Waals surface area contributed by atoms with Gasteiger partial charge in [0, 0.05) is 11.5 Å². The second-order valence-corrected chi connectivity index (χ2v) is 5.24. The first-order chi connectivity index (χ1) is 10.8. The van der Waals surface area contributed by atoms with Gasteiger partial charge in [-0.3, -0.25) is 9.53 Å². The summed E-state index contributed by atoms with van der Waals surface area (Å²) in [5.74, 6) is -5.90. The molecule has 0 radical (unpaired) electrons. The van der Waals surface area contributed by atoms with E-state index < -0.39 is 41.0 Å². The number of aliphatic carboxylic acids is 1. The van der Waals surface area contributed by atoms with Crippen molar-refractivity contribution in [2.75, 3.05) is 0 Å². The fourth-order valence-corrected chi connectivity index (χ4v) is 2.80. The van der Waals surface area contributed by atoms with Crippen molar-refractivity contribution in [1.29, 1.82) is 0 Å². The smallest absolute Gasteiger partial charge is 0.347 e. The Balaban J connectivity index is 1.96. The minimum atomic E-state index is -2.33. The van der Waals surface area contributed by atoms with Crippen LogP contribution in [-0.2, 0) is 20.1 Å². The lowest BCUT2D eigenvalue weighted by atomic mass is 10.0. The highest BCUT2D eigenvalue weighted by atomic mass is 16.9. The van der Waals surface area contributed by atoms with Crippen molar-refractivity contribution < 1.29 is 29.6 Å². The molecule has 5 N–H and O–H groups in total. The number of fused-ring (bicyclic) bond motifs is 2. The van der Waals surface area contributed by atoms with Gasteiger partial charge >= 0.3 is 11.7 Å². The molecule has 2 aliphatic rings. The highest BCUT2D eigenvalue weighted by Gasteiger charge is 2.85. The number of hydrogen-bond donors (Lipinski definition) is 5. The van der Waals surface area contributed by atoms with Gasteiger partial charge in [-0.15, -0.1) is 0 Å². The third kappa shape index (κ3) is 1.61. The van der Waals surface area contributed by atoms with Gasteiger partial charge in [-0.25, -0.2) is 9.59 Å². The summed E-state index contributed by atoms with van der Waals surface area (Å²) in [6.07, 6.45) is -3.61. The van der Waals surface area contributed by atoms with E-state index in [0.29, 0.717) is 0 Å². The van der Waals surface area contributed by atoms with Gasteiger partial charge in [-0.2, -0.15) is 4.98 Å². The lowest BCUT2D eigenvalue weighted by molar-refractivity contribution is -0.182. The fourth-order valence-electron chi connectivity index (χ4n) is 2.80. The van der Waals surface area contributed by atoms with E-state index in [0.717, 1.165) is 6.07 Å². The topological polar surface area (TPSA) is 178 Å². The highest BCUT2D eigenvalue weighted by molar-refractivity contribution is 5.79. The van der Waals surface area contributed by atoms with Crippen LogP contribution in [0.15, 0.2) is 21.7 Å². The largest absolute Gasteiger partial charge is 0.479 e. The molecule has 11 heteroatoms. The zero-order valence-corrected chi connectivity index (χ0v) is 11.1. The number of nitrogens with zero attached hydrogens (tertiary/aromatic N) is 1. The molecule has 0 spiro atoms. The summed E-state index contributed by atoms with van der Waals surface area (Å²) < 4.78 is 10.2. The van der Waals surface area contributed by atoms with E-state index in [-0.39, 0.29) is 16.7 Å². The normalized spacial score (nSPS) is 35.2. The van der Waals surface area contributed by atoms with Crippen molar-refractivity contribution in [1.82, 2.24) is 15.0 Å². The van der Waals surface area contributed by atoms with E-state index in [1.54, 1.807) is 0 Å². The molecule has 4 atom stereocenters. The Morgan fingerprint density at radius 2 is 2.04 bits per heavy atom. The minimum Gasteiger partial charge on any atom is -0.479 e. The van der Waals surface area contributed by atoms with Gasteiger partial charge in [0.15, 0.2) is 12.2 Å². The number of hydrogen-bond acceptors (Lipinski definition) is 8. The minimum absolute atomic E-state index is 0.0969. The number of aliphatic hydroxyl groups is 2. The van der Waals surface area contributed by atoms with Crippen LogP contribution in [0.5, 0.6) is 0 Å². The van der Waals surface area contributed by atoms with E-state index in [1.165, 1.54) is 6.07 Å². The number of ether oxygens (including phenoxy) is 2. The maximum absolute atomic E-state index is 11.7. The van der Waals surface area contributed by atoms with Gasteiger partial charge in [0.25, 0.3) is 11.6 Å². The van der Waals surface area contributed by atoms with E-state index >= 15 is 0 Å². The second-order valence-electron chi connectivity index (χ2n) is 5.24. The Kier molecular flexibility index (Phi) is 2.45. The Morgan fingerprint density at radius 1 is 1.30 bits per heavy atom. The number of carboxylic acid groups (broad SMARTS) is 1. The third-order valence-electron chi connectivity index (χ3n) is 3.90. The van der Waals surface area contributed by atoms with Crippen LogP contribution in [0.3, 0.4) is 0 Å². The Morgan fingerprint density at radius 3 is 2.70 bits per heavy atom. The number of carboxylic acids is 1. The van der Waals surface area contributed by atoms with E-state index in [1.807, 2.05) is 0 Å². The summed E-state index contributed by atoms with van der Waals surface area (Å²) in [5.41, 5.74) is -1.63. The molecule has 23 heavy (non-hydrogen) atoms. The Bertz CT molecular complexity index is 961. The number of aromatic nitrogens is 3. The van der Waals surface area contributed by atoms with Gasteiger partial charge < -0.3 is 30.0 Å². The lowest BCUT2D eigenvalue weighted by Crippen LogP contribution is -2.40. The quantitative estimate of drug-likeness (QED) is 0.368. The number of aliphatic hydroxyl groups excluding tert-OH is 1. The molecule has 4 rings (SSSR count). The molecule has 2 saturated heterocycles. The van der Waals surface area contributed by atoms with Gasteiger partial charge in [0.2, 0.25) is 5.56 Å². The van der Waals surface area contributed by atoms with Crippen LogP contribution >= 0.6 is 0 Å². The molecular formula is C12H9N3O8. The number of epoxide rings is 1. The molecule has 2 aromatic heterocycles. The molecule has 0 aromatic carbocycles. The molecule has 0 bridgehead atoms. The Hall–Kier alpha value is -2.60. The van der Waals surface area contributed by atoms with Crippen molar-refractivity contribution >= 4 is 17.0 Å². The summed E-state index contributed by atoms with van der Waals surface area (Å²) >= 11 is 0. The number of carbonyl (C=O) groups is 1. The van der Waals surface area contributed by atoms with Crippen LogP contribution in [0.25, 0.3) is 11.0 Å². The van der Waals surface area contributed by atoms with Crippen molar-refractivity contribution in [2.45, 2.75) is 23.8 Å². The van der Waals surface area contributed by atoms with Crippen molar-refractivity contribution in [3.63, 3.8) is 0 Å². The molecule has 0 aliphatic carbocycles. The SMILES string of the molecule is O=C(O)[C@H]1OC2(c3[nH]c(=O)nc4[nH]c(=O)ccc34)O[C@@]2(O)[C@@H]1O. The molecular weight excluding hydrogens is 314 g/mol. The van der Waals surface area contributed by atoms with Crippen molar-refractivity contribution in [3.05, 3.63) is 38.7 Å². The van der Waals surface area contributed by atoms with Gasteiger partial charge in [-0.1, -0.05) is 0 Å². The van der Waals surface area contributed by atoms with Crippen LogP contribution in [-0.4, -0.2) is 54.2 Å². The molecule has 120 valence electrons. The fraction of sp³-hybridized carbons (Fsp3) is 0.333. The summed E-state index contributed by atoms with van der Waals surface area (Å²) in [7, 11) is 0. The van der Waals surface area contributed by atoms with Crippen molar-refractivity contribution in [3.8, 4) is 0 Å². The molecule has 1 unspecified atom stereocenters. The number of rotatable bonds is 2. The predicted molar refractivity (Wildman–Crippen MR) is 69.2 cm³/mol. The van der Waals surface area contributed by atoms with Crippen LogP contribution in [0.4, 0.5) is 0 Å². The molecule has 4 heterocycles. The first kappa shape index (κ1) is 14.0.